The lowest BCUT2D eigenvalue weighted by Gasteiger charge is -2.34. The summed E-state index contributed by atoms with van der Waals surface area (Å²) in [5.74, 6) is 0.870. The first-order chi connectivity index (χ1) is 15.5. The summed E-state index contributed by atoms with van der Waals surface area (Å²) in [5.41, 5.74) is 1.52. The molecule has 1 aliphatic rings. The molecular weight excluding hydrogens is 432 g/mol. The molecule has 2 aromatic carbocycles. The summed E-state index contributed by atoms with van der Waals surface area (Å²) in [6, 6.07) is 12.0. The minimum atomic E-state index is -0.130. The second-order valence-corrected chi connectivity index (χ2v) is 8.20. The Morgan fingerprint density at radius 3 is 2.53 bits per heavy atom. The van der Waals surface area contributed by atoms with E-state index in [-0.39, 0.29) is 24.5 Å². The van der Waals surface area contributed by atoms with E-state index in [1.807, 2.05) is 0 Å². The van der Waals surface area contributed by atoms with Crippen LogP contribution in [0.25, 0.3) is 22.1 Å². The normalized spacial score (nSPS) is 14.7. The van der Waals surface area contributed by atoms with E-state index in [2.05, 4.69) is 4.90 Å². The number of carbonyl (C=O) groups excluding carboxylic acids is 1. The molecule has 3 aromatic rings. The van der Waals surface area contributed by atoms with Gasteiger partial charge in [-0.2, -0.15) is 0 Å². The number of aliphatic hydroxyl groups excluding tert-OH is 1. The van der Waals surface area contributed by atoms with E-state index in [1.165, 1.54) is 0 Å². The maximum Gasteiger partial charge on any atom is 0.260 e. The Balaban J connectivity index is 1.47. The highest BCUT2D eigenvalue weighted by Crippen LogP contribution is 2.27. The summed E-state index contributed by atoms with van der Waals surface area (Å²) < 4.78 is 11.6. The number of aryl methyl sites for hydroxylation is 1. The Morgan fingerprint density at radius 1 is 1.12 bits per heavy atom. The highest BCUT2D eigenvalue weighted by atomic mass is 35.5. The van der Waals surface area contributed by atoms with Gasteiger partial charge in [0.25, 0.3) is 5.91 Å². The fourth-order valence-corrected chi connectivity index (χ4v) is 4.05. The predicted molar refractivity (Wildman–Crippen MR) is 123 cm³/mol. The number of β-amino-alcohol motifs (C(OH)–C–C–N with tert-alkyl or cyclic N) is 1. The molecule has 0 saturated carbocycles. The molecule has 1 saturated heterocycles. The summed E-state index contributed by atoms with van der Waals surface area (Å²) in [4.78, 5) is 29.4. The van der Waals surface area contributed by atoms with Gasteiger partial charge in [0.1, 0.15) is 17.1 Å². The Labute approximate surface area is 190 Å². The number of hydrogen-bond acceptors (Lipinski definition) is 6. The van der Waals surface area contributed by atoms with Crippen LogP contribution in [-0.2, 0) is 4.79 Å². The Morgan fingerprint density at radius 2 is 1.84 bits per heavy atom. The van der Waals surface area contributed by atoms with Gasteiger partial charge in [0.15, 0.2) is 6.61 Å². The van der Waals surface area contributed by atoms with Gasteiger partial charge in [0.2, 0.25) is 5.43 Å². The Bertz CT molecular complexity index is 1170. The molecule has 7 nitrogen and oxygen atoms in total. The van der Waals surface area contributed by atoms with E-state index in [0.717, 1.165) is 18.7 Å². The lowest BCUT2D eigenvalue weighted by molar-refractivity contribution is -0.135. The summed E-state index contributed by atoms with van der Waals surface area (Å²) in [7, 11) is 0. The van der Waals surface area contributed by atoms with Gasteiger partial charge in [-0.05, 0) is 36.8 Å². The first-order valence-corrected chi connectivity index (χ1v) is 10.9. The zero-order valence-electron chi connectivity index (χ0n) is 17.8. The summed E-state index contributed by atoms with van der Waals surface area (Å²) in [5, 5.41) is 10.1. The van der Waals surface area contributed by atoms with Crippen LogP contribution >= 0.6 is 11.6 Å². The number of carbonyl (C=O) groups is 1. The maximum absolute atomic E-state index is 13.1. The molecule has 0 aliphatic carbocycles. The smallest absolute Gasteiger partial charge is 0.260 e. The fraction of sp³-hybridized carbons (Fsp3) is 0.333. The molecule has 0 atom stereocenters. The fourth-order valence-electron chi connectivity index (χ4n) is 3.92. The first kappa shape index (κ1) is 22.3. The molecule has 1 fully saturated rings. The number of fused-ring (bicyclic) bond motifs is 1. The van der Waals surface area contributed by atoms with Crippen molar-refractivity contribution in [3.05, 3.63) is 63.5 Å². The van der Waals surface area contributed by atoms with Crippen LogP contribution in [0.5, 0.6) is 5.75 Å². The third kappa shape index (κ3) is 4.80. The maximum atomic E-state index is 13.1. The van der Waals surface area contributed by atoms with Crippen LogP contribution in [0, 0.1) is 6.92 Å². The lowest BCUT2D eigenvalue weighted by Crippen LogP contribution is -2.50. The third-order valence-electron chi connectivity index (χ3n) is 5.68. The molecule has 168 valence electrons. The van der Waals surface area contributed by atoms with E-state index >= 15 is 0 Å². The monoisotopic (exact) mass is 456 g/mol. The number of benzene rings is 2. The van der Waals surface area contributed by atoms with Crippen LogP contribution in [0.15, 0.2) is 51.7 Å². The van der Waals surface area contributed by atoms with Crippen molar-refractivity contribution in [3.63, 3.8) is 0 Å². The molecule has 0 spiro atoms. The number of nitrogens with zero attached hydrogens (tertiary/aromatic N) is 2. The Kier molecular flexibility index (Phi) is 6.79. The SMILES string of the molecule is Cc1oc2cc(OCC(=O)N3CCN(CCO)CC3)ccc2c(=O)c1-c1ccc(Cl)cc1. The quantitative estimate of drug-likeness (QED) is 0.614. The van der Waals surface area contributed by atoms with Gasteiger partial charge in [-0.3, -0.25) is 14.5 Å². The minimum absolute atomic E-state index is 0.0857. The van der Waals surface area contributed by atoms with E-state index in [9.17, 15) is 9.59 Å². The number of aliphatic hydroxyl groups is 1. The van der Waals surface area contributed by atoms with E-state index < -0.39 is 0 Å². The largest absolute Gasteiger partial charge is 0.484 e. The molecule has 8 heteroatoms. The van der Waals surface area contributed by atoms with Gasteiger partial charge in [-0.15, -0.1) is 0 Å². The van der Waals surface area contributed by atoms with Gasteiger partial charge in [0, 0.05) is 43.8 Å². The molecule has 1 N–H and O–H groups in total. The van der Waals surface area contributed by atoms with Crippen molar-refractivity contribution >= 4 is 28.5 Å². The topological polar surface area (TPSA) is 83.2 Å². The molecule has 1 amide bonds. The molecule has 32 heavy (non-hydrogen) atoms. The van der Waals surface area contributed by atoms with Gasteiger partial charge in [0.05, 0.1) is 17.6 Å². The molecule has 0 bridgehead atoms. The van der Waals surface area contributed by atoms with Crippen molar-refractivity contribution in [2.45, 2.75) is 6.92 Å². The van der Waals surface area contributed by atoms with Crippen molar-refractivity contribution < 1.29 is 19.1 Å². The molecule has 0 unspecified atom stereocenters. The summed E-state index contributed by atoms with van der Waals surface area (Å²) in [6.45, 7) is 5.11. The van der Waals surface area contributed by atoms with Crippen molar-refractivity contribution in [1.29, 1.82) is 0 Å². The molecule has 0 radical (unpaired) electrons. The standard InChI is InChI=1S/C24H25ClN2O5/c1-16-23(17-2-4-18(25)5-3-17)24(30)20-7-6-19(14-21(20)32-16)31-15-22(29)27-10-8-26(9-11-27)12-13-28/h2-7,14,28H,8-13,15H2,1H3. The van der Waals surface area contributed by atoms with E-state index in [0.29, 0.717) is 52.7 Å². The average molecular weight is 457 g/mol. The number of rotatable bonds is 6. The van der Waals surface area contributed by atoms with E-state index in [4.69, 9.17) is 25.9 Å². The summed E-state index contributed by atoms with van der Waals surface area (Å²) >= 11 is 5.96. The zero-order valence-corrected chi connectivity index (χ0v) is 18.6. The predicted octanol–water partition coefficient (Wildman–Crippen LogP) is 2.94. The van der Waals surface area contributed by atoms with Gasteiger partial charge in [-0.25, -0.2) is 0 Å². The van der Waals surface area contributed by atoms with Crippen molar-refractivity contribution in [1.82, 2.24) is 9.80 Å². The van der Waals surface area contributed by atoms with Crippen LogP contribution in [0.2, 0.25) is 5.02 Å². The molecule has 2 heterocycles. The van der Waals surface area contributed by atoms with Crippen molar-refractivity contribution in [2.75, 3.05) is 45.9 Å². The number of piperazine rings is 1. The van der Waals surface area contributed by atoms with Crippen LogP contribution in [0.3, 0.4) is 0 Å². The van der Waals surface area contributed by atoms with Crippen LogP contribution < -0.4 is 10.2 Å². The van der Waals surface area contributed by atoms with Crippen molar-refractivity contribution in [2.24, 2.45) is 0 Å². The average Bonchev–Trinajstić information content (AvgIpc) is 2.79. The molecule has 1 aromatic heterocycles. The lowest BCUT2D eigenvalue weighted by atomic mass is 10.0. The van der Waals surface area contributed by atoms with Crippen LogP contribution in [-0.4, -0.2) is 66.8 Å². The number of amides is 1. The third-order valence-corrected chi connectivity index (χ3v) is 5.93. The molecule has 4 rings (SSSR count). The van der Waals surface area contributed by atoms with Gasteiger partial charge in [-0.1, -0.05) is 23.7 Å². The van der Waals surface area contributed by atoms with Gasteiger partial charge < -0.3 is 19.2 Å². The van der Waals surface area contributed by atoms with Crippen molar-refractivity contribution in [3.8, 4) is 16.9 Å². The van der Waals surface area contributed by atoms with Crippen LogP contribution in [0.4, 0.5) is 0 Å². The van der Waals surface area contributed by atoms with Crippen LogP contribution in [0.1, 0.15) is 5.76 Å². The second-order valence-electron chi connectivity index (χ2n) is 7.76. The minimum Gasteiger partial charge on any atom is -0.484 e. The molecule has 1 aliphatic heterocycles. The number of halogens is 1. The first-order valence-electron chi connectivity index (χ1n) is 10.5. The highest BCUT2D eigenvalue weighted by Gasteiger charge is 2.21. The second kappa shape index (κ2) is 9.73. The number of ether oxygens (including phenoxy) is 1. The number of hydrogen-bond donors (Lipinski definition) is 1. The Hall–Kier alpha value is -2.87. The zero-order chi connectivity index (χ0) is 22.7. The van der Waals surface area contributed by atoms with Gasteiger partial charge >= 0.3 is 0 Å². The summed E-state index contributed by atoms with van der Waals surface area (Å²) in [6.07, 6.45) is 0. The highest BCUT2D eigenvalue weighted by molar-refractivity contribution is 6.30. The molecular formula is C24H25ClN2O5. The van der Waals surface area contributed by atoms with E-state index in [1.54, 1.807) is 54.3 Å².